The third-order valence-corrected chi connectivity index (χ3v) is 5.32. The average molecular weight is 367 g/mol. The lowest BCUT2D eigenvalue weighted by Gasteiger charge is -2.18. The van der Waals surface area contributed by atoms with Crippen LogP contribution >= 0.6 is 0 Å². The van der Waals surface area contributed by atoms with Gasteiger partial charge in [0.05, 0.1) is 27.4 Å². The van der Waals surface area contributed by atoms with Crippen LogP contribution in [0.25, 0.3) is 11.4 Å². The van der Waals surface area contributed by atoms with E-state index in [1.807, 2.05) is 0 Å². The van der Waals surface area contributed by atoms with Gasteiger partial charge in [-0.1, -0.05) is 36.4 Å². The molecule has 5 N–H and O–H groups in total. The third kappa shape index (κ3) is 2.27. The minimum atomic E-state index is -3.84. The number of fused-ring (bicyclic) bond motifs is 2. The number of nitrogens with one attached hydrogen (secondary N) is 1. The molecular weight excluding hydrogens is 354 g/mol. The molecule has 1 heterocycles. The minimum absolute atomic E-state index is 0.0632. The molecule has 0 spiro atoms. The van der Waals surface area contributed by atoms with Crippen molar-refractivity contribution in [1.29, 1.82) is 0 Å². The topological polar surface area (TPSA) is 132 Å². The number of amides is 1. The Kier molecular flexibility index (Phi) is 3.36. The van der Waals surface area contributed by atoms with Crippen molar-refractivity contribution in [1.82, 2.24) is 5.32 Å². The first-order valence-electron chi connectivity index (χ1n) is 7.62. The monoisotopic (exact) mass is 367 g/mol. The fourth-order valence-electron chi connectivity index (χ4n) is 3.17. The van der Waals surface area contributed by atoms with E-state index in [9.17, 15) is 18.0 Å². The Balaban J connectivity index is 1.93. The number of hydrogen-bond donors (Lipinski definition) is 3. The molecule has 0 radical (unpaired) electrons. The first kappa shape index (κ1) is 16.2. The molecule has 0 saturated heterocycles. The van der Waals surface area contributed by atoms with Crippen LogP contribution < -0.4 is 16.2 Å². The Bertz CT molecular complexity index is 1160. The van der Waals surface area contributed by atoms with Crippen LogP contribution in [0.3, 0.4) is 0 Å². The lowest BCUT2D eigenvalue weighted by atomic mass is 9.84. The number of carbonyl (C=O) groups excluding carboxylic acids is 2. The predicted octanol–water partition coefficient (Wildman–Crippen LogP) is 0.741. The summed E-state index contributed by atoms with van der Waals surface area (Å²) in [5.41, 5.74) is 8.43. The van der Waals surface area contributed by atoms with Crippen molar-refractivity contribution < 1.29 is 18.0 Å². The molecule has 130 valence electrons. The second-order valence-corrected chi connectivity index (χ2v) is 7.50. The Morgan fingerprint density at radius 1 is 0.846 bits per heavy atom. The number of nitrogens with two attached hydrogens (primary N) is 2. The summed E-state index contributed by atoms with van der Waals surface area (Å²) >= 11 is 0. The smallest absolute Gasteiger partial charge is 0.258 e. The molecule has 8 heteroatoms. The number of Topliss-reactive ketones (excluding diaryl/α,β-unsaturated/α-hetero) is 1. The normalized spacial score (nSPS) is 16.5. The van der Waals surface area contributed by atoms with Crippen molar-refractivity contribution in [3.05, 3.63) is 76.4 Å². The summed E-state index contributed by atoms with van der Waals surface area (Å²) in [5, 5.41) is 7.76. The molecule has 2 aromatic rings. The molecule has 2 aromatic carbocycles. The van der Waals surface area contributed by atoms with Crippen LogP contribution in [0.2, 0.25) is 0 Å². The lowest BCUT2D eigenvalue weighted by molar-refractivity contribution is -0.115. The summed E-state index contributed by atoms with van der Waals surface area (Å²) in [6.07, 6.45) is 0. The van der Waals surface area contributed by atoms with Gasteiger partial charge in [0.25, 0.3) is 5.91 Å². The molecule has 2 aliphatic rings. The molecule has 0 atom stereocenters. The van der Waals surface area contributed by atoms with Gasteiger partial charge in [0.2, 0.25) is 10.0 Å². The van der Waals surface area contributed by atoms with Crippen LogP contribution in [0.4, 0.5) is 0 Å². The van der Waals surface area contributed by atoms with Crippen LogP contribution in [-0.4, -0.2) is 20.1 Å². The molecule has 1 aliphatic carbocycles. The zero-order valence-electron chi connectivity index (χ0n) is 13.3. The summed E-state index contributed by atoms with van der Waals surface area (Å²) < 4.78 is 22.8. The number of primary sulfonamides is 1. The molecule has 0 saturated carbocycles. The lowest BCUT2D eigenvalue weighted by Crippen LogP contribution is -2.22. The van der Waals surface area contributed by atoms with Crippen molar-refractivity contribution >= 4 is 33.1 Å². The van der Waals surface area contributed by atoms with Crippen molar-refractivity contribution in [2.24, 2.45) is 10.9 Å². The first-order chi connectivity index (χ1) is 12.3. The number of sulfonamides is 1. The van der Waals surface area contributed by atoms with Gasteiger partial charge in [0.15, 0.2) is 5.78 Å². The fourth-order valence-corrected chi connectivity index (χ4v) is 3.69. The van der Waals surface area contributed by atoms with Crippen LogP contribution in [0.1, 0.15) is 21.5 Å². The van der Waals surface area contributed by atoms with E-state index in [1.54, 1.807) is 24.3 Å². The van der Waals surface area contributed by atoms with Crippen LogP contribution in [0.5, 0.6) is 0 Å². The maximum absolute atomic E-state index is 12.9. The molecule has 7 nitrogen and oxygen atoms in total. The summed E-state index contributed by atoms with van der Waals surface area (Å²) in [6, 6.07) is 12.4. The zero-order valence-corrected chi connectivity index (χ0v) is 14.1. The third-order valence-electron chi connectivity index (χ3n) is 4.40. The summed E-state index contributed by atoms with van der Waals surface area (Å²) in [4.78, 5) is 25.3. The van der Waals surface area contributed by atoms with Gasteiger partial charge in [0.1, 0.15) is 0 Å². The number of benzene rings is 2. The zero-order chi connectivity index (χ0) is 18.6. The van der Waals surface area contributed by atoms with Gasteiger partial charge in [-0.05, 0) is 17.7 Å². The molecule has 26 heavy (non-hydrogen) atoms. The molecule has 1 aliphatic heterocycles. The number of rotatable bonds is 2. The molecule has 0 unspecified atom stereocenters. The van der Waals surface area contributed by atoms with Gasteiger partial charge in [0, 0.05) is 11.1 Å². The first-order valence-corrected chi connectivity index (χ1v) is 9.17. The van der Waals surface area contributed by atoms with Gasteiger partial charge >= 0.3 is 0 Å². The van der Waals surface area contributed by atoms with E-state index in [0.29, 0.717) is 22.4 Å². The summed E-state index contributed by atoms with van der Waals surface area (Å²) in [6.45, 7) is 0. The van der Waals surface area contributed by atoms with E-state index < -0.39 is 15.9 Å². The maximum atomic E-state index is 12.9. The number of hydrogen-bond acceptors (Lipinski definition) is 5. The summed E-state index contributed by atoms with van der Waals surface area (Å²) in [7, 11) is -3.84. The van der Waals surface area contributed by atoms with E-state index in [4.69, 9.17) is 10.9 Å². The van der Waals surface area contributed by atoms with Crippen LogP contribution in [0.15, 0.2) is 64.6 Å². The van der Waals surface area contributed by atoms with Gasteiger partial charge in [-0.25, -0.2) is 13.6 Å². The van der Waals surface area contributed by atoms with E-state index in [2.05, 4.69) is 5.32 Å². The Morgan fingerprint density at radius 2 is 1.46 bits per heavy atom. The van der Waals surface area contributed by atoms with Crippen LogP contribution in [0, 0.1) is 0 Å². The summed E-state index contributed by atoms with van der Waals surface area (Å²) in [5.74, 6) is -0.778. The quantitative estimate of drug-likeness (QED) is 0.720. The van der Waals surface area contributed by atoms with E-state index >= 15 is 0 Å². The minimum Gasteiger partial charge on any atom is -0.398 e. The van der Waals surface area contributed by atoms with E-state index in [-0.39, 0.29) is 27.5 Å². The molecule has 0 aromatic heterocycles. The molecule has 0 fully saturated rings. The SMILES string of the molecule is NC1=C2C(=O)NC(c3ccc(S(N)(=O)=O)cc3)=C2C(=O)c2ccccc21. The second kappa shape index (κ2) is 5.38. The average Bonchev–Trinajstić information content (AvgIpc) is 2.97. The Hall–Kier alpha value is -3.23. The molecular formula is C18H13N3O4S. The Morgan fingerprint density at radius 3 is 2.08 bits per heavy atom. The molecule has 4 rings (SSSR count). The fraction of sp³-hybridized carbons (Fsp3) is 0. The van der Waals surface area contributed by atoms with E-state index in [1.165, 1.54) is 24.3 Å². The van der Waals surface area contributed by atoms with Gasteiger partial charge < -0.3 is 11.1 Å². The standard InChI is InChI=1S/C18H13N3O4S/c19-15-11-3-1-2-4-12(11)17(22)14-13(15)18(23)21-16(14)9-5-7-10(8-6-9)26(20,24)25/h1-8H,19H2,(H,21,23)(H2,20,24,25). The molecule has 1 amide bonds. The number of ketones is 1. The van der Waals surface area contributed by atoms with Gasteiger partial charge in [-0.15, -0.1) is 0 Å². The van der Waals surface area contributed by atoms with Gasteiger partial charge in [-0.2, -0.15) is 0 Å². The highest BCUT2D eigenvalue weighted by molar-refractivity contribution is 7.89. The van der Waals surface area contributed by atoms with Crippen molar-refractivity contribution in [3.8, 4) is 0 Å². The van der Waals surface area contributed by atoms with Crippen molar-refractivity contribution in [3.63, 3.8) is 0 Å². The highest BCUT2D eigenvalue weighted by Gasteiger charge is 2.39. The largest absolute Gasteiger partial charge is 0.398 e. The second-order valence-electron chi connectivity index (χ2n) is 5.94. The highest BCUT2D eigenvalue weighted by atomic mass is 32.2. The van der Waals surface area contributed by atoms with Crippen molar-refractivity contribution in [2.75, 3.05) is 0 Å². The van der Waals surface area contributed by atoms with Gasteiger partial charge in [-0.3, -0.25) is 9.59 Å². The molecule has 0 bridgehead atoms. The Labute approximate surface area is 149 Å². The number of carbonyl (C=O) groups is 2. The van der Waals surface area contributed by atoms with Crippen molar-refractivity contribution in [2.45, 2.75) is 4.90 Å². The van der Waals surface area contributed by atoms with Crippen LogP contribution in [-0.2, 0) is 14.8 Å². The predicted molar refractivity (Wildman–Crippen MR) is 94.8 cm³/mol. The maximum Gasteiger partial charge on any atom is 0.258 e. The van der Waals surface area contributed by atoms with E-state index in [0.717, 1.165) is 0 Å². The highest BCUT2D eigenvalue weighted by Crippen LogP contribution is 2.39.